The third kappa shape index (κ3) is 3.05. The summed E-state index contributed by atoms with van der Waals surface area (Å²) in [5.74, 6) is -0.897. The zero-order valence-corrected chi connectivity index (χ0v) is 11.3. The van der Waals surface area contributed by atoms with Crippen molar-refractivity contribution in [1.29, 1.82) is 0 Å². The van der Waals surface area contributed by atoms with Crippen molar-refractivity contribution in [2.75, 3.05) is 5.32 Å². The number of hydrogen-bond acceptors (Lipinski definition) is 2. The van der Waals surface area contributed by atoms with Crippen LogP contribution < -0.4 is 5.32 Å². The van der Waals surface area contributed by atoms with E-state index in [1.165, 1.54) is 24.4 Å². The summed E-state index contributed by atoms with van der Waals surface area (Å²) in [4.78, 5) is 15.7. The molecule has 92 valence electrons. The zero-order chi connectivity index (χ0) is 13.1. The molecule has 1 N–H and O–H groups in total. The van der Waals surface area contributed by atoms with Crippen LogP contribution in [0, 0.1) is 5.82 Å². The topological polar surface area (TPSA) is 42.0 Å². The van der Waals surface area contributed by atoms with Crippen LogP contribution in [0.15, 0.2) is 41.0 Å². The Morgan fingerprint density at radius 3 is 2.78 bits per heavy atom. The first-order chi connectivity index (χ1) is 8.56. The molecule has 1 aromatic heterocycles. The number of nitrogens with one attached hydrogen (secondary N) is 1. The molecule has 0 bridgehead atoms. The van der Waals surface area contributed by atoms with E-state index in [2.05, 4.69) is 26.2 Å². The Labute approximate surface area is 116 Å². The summed E-state index contributed by atoms with van der Waals surface area (Å²) < 4.78 is 13.6. The molecule has 2 aromatic rings. The molecule has 0 saturated carbocycles. The number of aromatic nitrogens is 1. The van der Waals surface area contributed by atoms with Crippen molar-refractivity contribution in [3.8, 4) is 0 Å². The molecule has 0 aliphatic carbocycles. The average molecular weight is 330 g/mol. The van der Waals surface area contributed by atoms with Crippen LogP contribution in [-0.4, -0.2) is 10.9 Å². The van der Waals surface area contributed by atoms with Crippen LogP contribution >= 0.6 is 27.5 Å². The van der Waals surface area contributed by atoms with Gasteiger partial charge in [-0.25, -0.2) is 4.39 Å². The molecule has 1 amide bonds. The summed E-state index contributed by atoms with van der Waals surface area (Å²) in [6.07, 6.45) is 1.43. The Bertz CT molecular complexity index is 606. The first-order valence-electron chi connectivity index (χ1n) is 4.94. The number of amides is 1. The monoisotopic (exact) mass is 328 g/mol. The van der Waals surface area contributed by atoms with E-state index in [1.54, 1.807) is 12.1 Å². The van der Waals surface area contributed by atoms with Crippen LogP contribution in [0.4, 0.5) is 10.1 Å². The molecule has 1 aromatic carbocycles. The summed E-state index contributed by atoms with van der Waals surface area (Å²) >= 11 is 8.78. The van der Waals surface area contributed by atoms with Gasteiger partial charge in [0.15, 0.2) is 0 Å². The Morgan fingerprint density at radius 2 is 2.11 bits per heavy atom. The van der Waals surface area contributed by atoms with Gasteiger partial charge in [-0.05, 0) is 46.3 Å². The molecule has 0 saturated heterocycles. The van der Waals surface area contributed by atoms with E-state index in [4.69, 9.17) is 11.6 Å². The third-order valence-electron chi connectivity index (χ3n) is 2.13. The van der Waals surface area contributed by atoms with Gasteiger partial charge in [0.2, 0.25) is 0 Å². The number of rotatable bonds is 2. The Balaban J connectivity index is 2.18. The molecular weight excluding hydrogens is 322 g/mol. The lowest BCUT2D eigenvalue weighted by Gasteiger charge is -2.05. The SMILES string of the molecule is O=C(Nc1ccc(Br)c(F)c1)c1cc(Cl)ccn1. The van der Waals surface area contributed by atoms with Crippen molar-refractivity contribution in [3.63, 3.8) is 0 Å². The number of hydrogen-bond donors (Lipinski definition) is 1. The molecule has 0 radical (unpaired) electrons. The number of halogens is 3. The molecule has 0 fully saturated rings. The summed E-state index contributed by atoms with van der Waals surface area (Å²) in [6, 6.07) is 7.31. The van der Waals surface area contributed by atoms with E-state index in [9.17, 15) is 9.18 Å². The van der Waals surface area contributed by atoms with Crippen molar-refractivity contribution >= 4 is 39.1 Å². The second kappa shape index (κ2) is 5.46. The van der Waals surface area contributed by atoms with E-state index in [1.807, 2.05) is 0 Å². The molecule has 0 spiro atoms. The predicted molar refractivity (Wildman–Crippen MR) is 71.3 cm³/mol. The summed E-state index contributed by atoms with van der Waals surface area (Å²) in [5, 5.41) is 2.95. The van der Waals surface area contributed by atoms with Gasteiger partial charge in [0.25, 0.3) is 5.91 Å². The first-order valence-corrected chi connectivity index (χ1v) is 6.11. The fourth-order valence-corrected chi connectivity index (χ4v) is 1.70. The maximum Gasteiger partial charge on any atom is 0.274 e. The fourth-order valence-electron chi connectivity index (χ4n) is 1.30. The highest BCUT2D eigenvalue weighted by Crippen LogP contribution is 2.19. The van der Waals surface area contributed by atoms with Gasteiger partial charge < -0.3 is 5.32 Å². The number of benzene rings is 1. The predicted octanol–water partition coefficient (Wildman–Crippen LogP) is 3.89. The minimum atomic E-state index is -0.452. The Morgan fingerprint density at radius 1 is 1.33 bits per heavy atom. The smallest absolute Gasteiger partial charge is 0.274 e. The molecule has 2 rings (SSSR count). The molecule has 0 aliphatic rings. The highest BCUT2D eigenvalue weighted by atomic mass is 79.9. The number of carbonyl (C=O) groups excluding carboxylic acids is 1. The van der Waals surface area contributed by atoms with Crippen LogP contribution in [-0.2, 0) is 0 Å². The van der Waals surface area contributed by atoms with Crippen LogP contribution in [0.3, 0.4) is 0 Å². The number of anilines is 1. The van der Waals surface area contributed by atoms with Crippen molar-refractivity contribution in [1.82, 2.24) is 4.98 Å². The standard InChI is InChI=1S/C12H7BrClFN2O/c13-9-2-1-8(6-10(9)15)17-12(18)11-5-7(14)3-4-16-11/h1-6H,(H,17,18). The fraction of sp³-hybridized carbons (Fsp3) is 0. The van der Waals surface area contributed by atoms with Crippen molar-refractivity contribution < 1.29 is 9.18 Å². The van der Waals surface area contributed by atoms with Gasteiger partial charge in [-0.2, -0.15) is 0 Å². The zero-order valence-electron chi connectivity index (χ0n) is 8.95. The first kappa shape index (κ1) is 13.0. The lowest BCUT2D eigenvalue weighted by molar-refractivity contribution is 0.102. The van der Waals surface area contributed by atoms with Gasteiger partial charge in [-0.3, -0.25) is 9.78 Å². The van der Waals surface area contributed by atoms with Gasteiger partial charge in [0.1, 0.15) is 11.5 Å². The van der Waals surface area contributed by atoms with Crippen molar-refractivity contribution in [3.05, 3.63) is 57.5 Å². The second-order valence-corrected chi connectivity index (χ2v) is 4.73. The average Bonchev–Trinajstić information content (AvgIpc) is 2.34. The van der Waals surface area contributed by atoms with Crippen LogP contribution in [0.1, 0.15) is 10.5 Å². The molecule has 0 atom stereocenters. The summed E-state index contributed by atoms with van der Waals surface area (Å²) in [7, 11) is 0. The highest BCUT2D eigenvalue weighted by molar-refractivity contribution is 9.10. The normalized spacial score (nSPS) is 10.2. The molecule has 3 nitrogen and oxygen atoms in total. The van der Waals surface area contributed by atoms with Gasteiger partial charge in [-0.1, -0.05) is 11.6 Å². The largest absolute Gasteiger partial charge is 0.321 e. The lowest BCUT2D eigenvalue weighted by Crippen LogP contribution is -2.13. The van der Waals surface area contributed by atoms with Crippen LogP contribution in [0.2, 0.25) is 5.02 Å². The van der Waals surface area contributed by atoms with E-state index >= 15 is 0 Å². The molecule has 6 heteroatoms. The van der Waals surface area contributed by atoms with E-state index in [0.717, 1.165) is 0 Å². The number of pyridine rings is 1. The lowest BCUT2D eigenvalue weighted by atomic mass is 10.3. The van der Waals surface area contributed by atoms with E-state index < -0.39 is 11.7 Å². The third-order valence-corrected chi connectivity index (χ3v) is 3.01. The van der Waals surface area contributed by atoms with Crippen LogP contribution in [0.5, 0.6) is 0 Å². The van der Waals surface area contributed by atoms with Gasteiger partial charge in [-0.15, -0.1) is 0 Å². The molecular formula is C12H7BrClFN2O. The van der Waals surface area contributed by atoms with Crippen molar-refractivity contribution in [2.45, 2.75) is 0 Å². The van der Waals surface area contributed by atoms with Gasteiger partial charge >= 0.3 is 0 Å². The van der Waals surface area contributed by atoms with Gasteiger partial charge in [0.05, 0.1) is 4.47 Å². The molecule has 1 heterocycles. The van der Waals surface area contributed by atoms with E-state index in [0.29, 0.717) is 15.2 Å². The summed E-state index contributed by atoms with van der Waals surface area (Å²) in [5.41, 5.74) is 0.522. The maximum atomic E-state index is 13.3. The quantitative estimate of drug-likeness (QED) is 0.908. The van der Waals surface area contributed by atoms with Crippen LogP contribution in [0.25, 0.3) is 0 Å². The highest BCUT2D eigenvalue weighted by Gasteiger charge is 2.09. The Kier molecular flexibility index (Phi) is 3.93. The molecule has 0 unspecified atom stereocenters. The Hall–Kier alpha value is -1.46. The molecule has 0 aliphatic heterocycles. The minimum Gasteiger partial charge on any atom is -0.321 e. The number of nitrogens with zero attached hydrogens (tertiary/aromatic N) is 1. The number of carbonyl (C=O) groups is 1. The summed E-state index contributed by atoms with van der Waals surface area (Å²) in [6.45, 7) is 0. The molecule has 18 heavy (non-hydrogen) atoms. The van der Waals surface area contributed by atoms with E-state index in [-0.39, 0.29) is 5.69 Å². The maximum absolute atomic E-state index is 13.3. The van der Waals surface area contributed by atoms with Crippen molar-refractivity contribution in [2.24, 2.45) is 0 Å². The van der Waals surface area contributed by atoms with Gasteiger partial charge in [0, 0.05) is 16.9 Å². The second-order valence-electron chi connectivity index (χ2n) is 3.44. The minimum absolute atomic E-state index is 0.172.